The van der Waals surface area contributed by atoms with Crippen molar-refractivity contribution in [2.24, 2.45) is 0 Å². The number of carbonyl (C=O) groups excluding carboxylic acids is 2. The summed E-state index contributed by atoms with van der Waals surface area (Å²) in [6.45, 7) is 1.05. The van der Waals surface area contributed by atoms with E-state index in [1.54, 1.807) is 22.7 Å². The number of thioether (sulfide) groups is 1. The Hall–Kier alpha value is -2.06. The Kier molecular flexibility index (Phi) is 5.06. The van der Waals surface area contributed by atoms with Gasteiger partial charge in [-0.3, -0.25) is 10.1 Å². The van der Waals surface area contributed by atoms with Gasteiger partial charge in [0.25, 0.3) is 5.91 Å². The van der Waals surface area contributed by atoms with E-state index in [2.05, 4.69) is 10.3 Å². The second-order valence-corrected chi connectivity index (χ2v) is 7.18. The average Bonchev–Trinajstić information content (AvgIpc) is 3.02. The van der Waals surface area contributed by atoms with Gasteiger partial charge in [0.2, 0.25) is 0 Å². The van der Waals surface area contributed by atoms with Crippen molar-refractivity contribution in [2.75, 3.05) is 25.2 Å². The fourth-order valence-corrected chi connectivity index (χ4v) is 3.95. The van der Waals surface area contributed by atoms with Crippen molar-refractivity contribution >= 4 is 40.2 Å². The SMILES string of the molecule is COC(=O)N1CCc2nc(NC(=O)c3cccc(SC)c3)sc2C1. The van der Waals surface area contributed by atoms with Crippen LogP contribution in [0.2, 0.25) is 0 Å². The van der Waals surface area contributed by atoms with Gasteiger partial charge in [0.15, 0.2) is 5.13 Å². The smallest absolute Gasteiger partial charge is 0.409 e. The van der Waals surface area contributed by atoms with Crippen molar-refractivity contribution in [3.05, 3.63) is 40.4 Å². The molecule has 0 unspecified atom stereocenters. The zero-order valence-corrected chi connectivity index (χ0v) is 15.0. The summed E-state index contributed by atoms with van der Waals surface area (Å²) >= 11 is 2.99. The first kappa shape index (κ1) is 16.8. The zero-order chi connectivity index (χ0) is 17.1. The Balaban J connectivity index is 1.72. The molecule has 0 radical (unpaired) electrons. The van der Waals surface area contributed by atoms with E-state index >= 15 is 0 Å². The molecule has 8 heteroatoms. The molecule has 24 heavy (non-hydrogen) atoms. The topological polar surface area (TPSA) is 71.5 Å². The minimum absolute atomic E-state index is 0.179. The molecule has 6 nitrogen and oxygen atoms in total. The number of rotatable bonds is 3. The Labute approximate surface area is 148 Å². The lowest BCUT2D eigenvalue weighted by atomic mass is 10.2. The van der Waals surface area contributed by atoms with Crippen LogP contribution in [0.4, 0.5) is 9.93 Å². The molecule has 0 atom stereocenters. The summed E-state index contributed by atoms with van der Waals surface area (Å²) in [4.78, 5) is 32.1. The first-order valence-corrected chi connectivity index (χ1v) is 9.41. The standard InChI is InChI=1S/C16H17N3O3S2/c1-22-16(21)19-7-6-12-13(9-19)24-15(17-12)18-14(20)10-4-3-5-11(8-10)23-2/h3-5,8H,6-7,9H2,1-2H3,(H,17,18,20). The Morgan fingerprint density at radius 3 is 3.00 bits per heavy atom. The fourth-order valence-electron chi connectivity index (χ4n) is 2.47. The summed E-state index contributed by atoms with van der Waals surface area (Å²) in [6.07, 6.45) is 2.30. The van der Waals surface area contributed by atoms with Gasteiger partial charge in [0.05, 0.1) is 19.3 Å². The average molecular weight is 363 g/mol. The number of anilines is 1. The summed E-state index contributed by atoms with van der Waals surface area (Å²) < 4.78 is 4.76. The van der Waals surface area contributed by atoms with Gasteiger partial charge in [-0.1, -0.05) is 17.4 Å². The molecule has 1 aromatic carbocycles. The van der Waals surface area contributed by atoms with E-state index < -0.39 is 0 Å². The minimum Gasteiger partial charge on any atom is -0.453 e. The highest BCUT2D eigenvalue weighted by Gasteiger charge is 2.25. The molecule has 126 valence electrons. The van der Waals surface area contributed by atoms with Crippen molar-refractivity contribution in [3.63, 3.8) is 0 Å². The number of hydrogen-bond donors (Lipinski definition) is 1. The van der Waals surface area contributed by atoms with Gasteiger partial charge in [-0.2, -0.15) is 0 Å². The molecule has 1 aliphatic rings. The van der Waals surface area contributed by atoms with Gasteiger partial charge in [0, 0.05) is 28.3 Å². The highest BCUT2D eigenvalue weighted by molar-refractivity contribution is 7.98. The summed E-state index contributed by atoms with van der Waals surface area (Å²) in [7, 11) is 1.37. The maximum absolute atomic E-state index is 12.4. The van der Waals surface area contributed by atoms with Crippen LogP contribution in [0.15, 0.2) is 29.2 Å². The predicted octanol–water partition coefficient (Wildman–Crippen LogP) is 3.24. The van der Waals surface area contributed by atoms with Crippen LogP contribution in [0.5, 0.6) is 0 Å². The number of methoxy groups -OCH3 is 1. The quantitative estimate of drug-likeness (QED) is 0.848. The number of aromatic nitrogens is 1. The number of thiazole rings is 1. The van der Waals surface area contributed by atoms with Gasteiger partial charge in [-0.15, -0.1) is 11.8 Å². The first-order chi connectivity index (χ1) is 11.6. The number of fused-ring (bicyclic) bond motifs is 1. The third-order valence-corrected chi connectivity index (χ3v) is 5.44. The van der Waals surface area contributed by atoms with Crippen molar-refractivity contribution in [2.45, 2.75) is 17.9 Å². The number of ether oxygens (including phenoxy) is 1. The molecule has 1 aromatic heterocycles. The fraction of sp³-hybridized carbons (Fsp3) is 0.312. The second kappa shape index (κ2) is 7.23. The summed E-state index contributed by atoms with van der Waals surface area (Å²) in [5, 5.41) is 3.41. The molecule has 2 aromatic rings. The van der Waals surface area contributed by atoms with Crippen molar-refractivity contribution in [3.8, 4) is 0 Å². The van der Waals surface area contributed by atoms with E-state index in [4.69, 9.17) is 4.74 Å². The number of hydrogen-bond acceptors (Lipinski definition) is 6. The second-order valence-electron chi connectivity index (χ2n) is 5.22. The molecular formula is C16H17N3O3S2. The first-order valence-electron chi connectivity index (χ1n) is 7.37. The highest BCUT2D eigenvalue weighted by Crippen LogP contribution is 2.29. The molecular weight excluding hydrogens is 346 g/mol. The van der Waals surface area contributed by atoms with Crippen LogP contribution in [0, 0.1) is 0 Å². The third kappa shape index (κ3) is 3.54. The van der Waals surface area contributed by atoms with Crippen LogP contribution >= 0.6 is 23.1 Å². The van der Waals surface area contributed by atoms with E-state index in [0.29, 0.717) is 30.2 Å². The summed E-state index contributed by atoms with van der Waals surface area (Å²) in [5.41, 5.74) is 1.54. The van der Waals surface area contributed by atoms with Crippen LogP contribution < -0.4 is 5.32 Å². The largest absolute Gasteiger partial charge is 0.453 e. The van der Waals surface area contributed by atoms with Gasteiger partial charge in [-0.25, -0.2) is 9.78 Å². The Morgan fingerprint density at radius 2 is 2.25 bits per heavy atom. The van der Waals surface area contributed by atoms with Crippen LogP contribution in [-0.4, -0.2) is 41.8 Å². The van der Waals surface area contributed by atoms with Crippen LogP contribution in [0.1, 0.15) is 20.9 Å². The monoisotopic (exact) mass is 363 g/mol. The number of nitrogens with zero attached hydrogens (tertiary/aromatic N) is 2. The zero-order valence-electron chi connectivity index (χ0n) is 13.4. The summed E-state index contributed by atoms with van der Waals surface area (Å²) in [5.74, 6) is -0.179. The van der Waals surface area contributed by atoms with Crippen LogP contribution in [0.25, 0.3) is 0 Å². The normalized spacial score (nSPS) is 13.3. The number of nitrogens with one attached hydrogen (secondary N) is 1. The highest BCUT2D eigenvalue weighted by atomic mass is 32.2. The van der Waals surface area contributed by atoms with Gasteiger partial charge < -0.3 is 9.64 Å². The molecule has 0 spiro atoms. The Bertz CT molecular complexity index is 776. The van der Waals surface area contributed by atoms with E-state index in [1.165, 1.54) is 18.4 Å². The lowest BCUT2D eigenvalue weighted by Gasteiger charge is -2.24. The summed E-state index contributed by atoms with van der Waals surface area (Å²) in [6, 6.07) is 7.46. The maximum Gasteiger partial charge on any atom is 0.409 e. The molecule has 1 N–H and O–H groups in total. The van der Waals surface area contributed by atoms with E-state index in [1.807, 2.05) is 24.5 Å². The molecule has 0 saturated heterocycles. The van der Waals surface area contributed by atoms with Crippen molar-refractivity contribution in [1.29, 1.82) is 0 Å². The lowest BCUT2D eigenvalue weighted by Crippen LogP contribution is -2.35. The van der Waals surface area contributed by atoms with Crippen LogP contribution in [0.3, 0.4) is 0 Å². The molecule has 2 heterocycles. The number of carbonyl (C=O) groups is 2. The number of amides is 2. The predicted molar refractivity (Wildman–Crippen MR) is 94.8 cm³/mol. The Morgan fingerprint density at radius 1 is 1.42 bits per heavy atom. The van der Waals surface area contributed by atoms with E-state index in [9.17, 15) is 9.59 Å². The van der Waals surface area contributed by atoms with E-state index in [0.717, 1.165) is 15.5 Å². The molecule has 0 fully saturated rings. The van der Waals surface area contributed by atoms with Crippen molar-refractivity contribution < 1.29 is 14.3 Å². The third-order valence-electron chi connectivity index (χ3n) is 3.72. The molecule has 3 rings (SSSR count). The minimum atomic E-state index is -0.339. The lowest BCUT2D eigenvalue weighted by molar-refractivity contribution is 0.102. The van der Waals surface area contributed by atoms with Gasteiger partial charge >= 0.3 is 6.09 Å². The van der Waals surface area contributed by atoms with Crippen LogP contribution in [-0.2, 0) is 17.7 Å². The molecule has 1 aliphatic heterocycles. The van der Waals surface area contributed by atoms with Gasteiger partial charge in [-0.05, 0) is 24.5 Å². The molecule has 2 amide bonds. The molecule has 0 bridgehead atoms. The molecule has 0 saturated carbocycles. The number of benzene rings is 1. The van der Waals surface area contributed by atoms with E-state index in [-0.39, 0.29) is 12.0 Å². The van der Waals surface area contributed by atoms with Gasteiger partial charge in [0.1, 0.15) is 0 Å². The maximum atomic E-state index is 12.4. The van der Waals surface area contributed by atoms with Crippen molar-refractivity contribution in [1.82, 2.24) is 9.88 Å². The molecule has 0 aliphatic carbocycles.